The highest BCUT2D eigenvalue weighted by atomic mass is 35.5. The monoisotopic (exact) mass is 386 g/mol. The van der Waals surface area contributed by atoms with Crippen molar-refractivity contribution in [2.24, 2.45) is 5.41 Å². The number of piperidine rings is 1. The van der Waals surface area contributed by atoms with E-state index >= 15 is 0 Å². The molecule has 2 fully saturated rings. The van der Waals surface area contributed by atoms with Crippen molar-refractivity contribution in [2.45, 2.75) is 25.3 Å². The number of ether oxygens (including phenoxy) is 1. The van der Waals surface area contributed by atoms with E-state index in [0.717, 1.165) is 38.2 Å². The van der Waals surface area contributed by atoms with Crippen molar-refractivity contribution >= 4 is 18.3 Å². The van der Waals surface area contributed by atoms with Gasteiger partial charge in [-0.3, -0.25) is 4.79 Å². The number of rotatable bonds is 4. The van der Waals surface area contributed by atoms with Crippen LogP contribution in [0.15, 0.2) is 54.6 Å². The fourth-order valence-electron chi connectivity index (χ4n) is 4.58. The van der Waals surface area contributed by atoms with Crippen molar-refractivity contribution in [3.8, 4) is 5.75 Å². The molecule has 5 heteroatoms. The molecule has 0 aromatic heterocycles. The Bertz CT molecular complexity index is 758. The first-order valence-electron chi connectivity index (χ1n) is 9.41. The summed E-state index contributed by atoms with van der Waals surface area (Å²) in [5.41, 5.74) is 2.17. The van der Waals surface area contributed by atoms with E-state index in [4.69, 9.17) is 4.74 Å². The van der Waals surface area contributed by atoms with E-state index in [0.29, 0.717) is 12.5 Å². The van der Waals surface area contributed by atoms with Crippen molar-refractivity contribution in [3.05, 3.63) is 65.7 Å². The molecule has 144 valence electrons. The van der Waals surface area contributed by atoms with Crippen LogP contribution in [-0.2, 0) is 11.3 Å². The van der Waals surface area contributed by atoms with Gasteiger partial charge in [-0.05, 0) is 49.2 Å². The number of hydrogen-bond acceptors (Lipinski definition) is 3. The van der Waals surface area contributed by atoms with Gasteiger partial charge in [-0.25, -0.2) is 0 Å². The smallest absolute Gasteiger partial charge is 0.229 e. The zero-order valence-corrected chi connectivity index (χ0v) is 16.5. The number of halogens is 1. The van der Waals surface area contributed by atoms with Gasteiger partial charge in [0.25, 0.3) is 0 Å². The molecule has 2 aromatic rings. The number of nitrogens with zero attached hydrogens (tertiary/aromatic N) is 1. The Morgan fingerprint density at radius 3 is 2.37 bits per heavy atom. The molecule has 4 rings (SSSR count). The molecule has 2 saturated heterocycles. The minimum Gasteiger partial charge on any atom is -0.497 e. The fourth-order valence-corrected chi connectivity index (χ4v) is 4.58. The maximum atomic E-state index is 13.5. The second-order valence-electron chi connectivity index (χ2n) is 7.40. The Labute approximate surface area is 167 Å². The Kier molecular flexibility index (Phi) is 6.08. The van der Waals surface area contributed by atoms with Gasteiger partial charge >= 0.3 is 0 Å². The summed E-state index contributed by atoms with van der Waals surface area (Å²) in [5, 5.41) is 3.42. The van der Waals surface area contributed by atoms with Crippen LogP contribution in [0.25, 0.3) is 0 Å². The van der Waals surface area contributed by atoms with Crippen LogP contribution in [0.3, 0.4) is 0 Å². The van der Waals surface area contributed by atoms with Crippen LogP contribution in [0.5, 0.6) is 5.75 Å². The molecule has 1 unspecified atom stereocenters. The van der Waals surface area contributed by atoms with Crippen LogP contribution >= 0.6 is 12.4 Å². The first-order valence-corrected chi connectivity index (χ1v) is 9.41. The largest absolute Gasteiger partial charge is 0.497 e. The Hall–Kier alpha value is -2.04. The third kappa shape index (κ3) is 3.69. The normalized spacial score (nSPS) is 21.1. The molecule has 1 spiro atoms. The lowest BCUT2D eigenvalue weighted by molar-refractivity contribution is -0.138. The molecule has 0 aliphatic carbocycles. The highest BCUT2D eigenvalue weighted by Crippen LogP contribution is 2.50. The molecule has 4 nitrogen and oxygen atoms in total. The van der Waals surface area contributed by atoms with Gasteiger partial charge in [0.2, 0.25) is 5.91 Å². The second kappa shape index (κ2) is 8.32. The van der Waals surface area contributed by atoms with Gasteiger partial charge in [0.1, 0.15) is 5.75 Å². The minimum absolute atomic E-state index is 0. The van der Waals surface area contributed by atoms with Crippen LogP contribution in [0.4, 0.5) is 0 Å². The number of carbonyl (C=O) groups excluding carboxylic acids is 1. The second-order valence-corrected chi connectivity index (χ2v) is 7.40. The molecule has 1 amide bonds. The molecule has 27 heavy (non-hydrogen) atoms. The molecule has 0 saturated carbocycles. The Morgan fingerprint density at radius 1 is 1.07 bits per heavy atom. The van der Waals surface area contributed by atoms with Crippen molar-refractivity contribution in [2.75, 3.05) is 26.7 Å². The van der Waals surface area contributed by atoms with Gasteiger partial charge in [0.05, 0.1) is 12.5 Å². The Balaban J connectivity index is 0.00000210. The van der Waals surface area contributed by atoms with Crippen LogP contribution in [0, 0.1) is 5.41 Å². The van der Waals surface area contributed by atoms with Gasteiger partial charge in [0, 0.05) is 19.0 Å². The summed E-state index contributed by atoms with van der Waals surface area (Å²) < 4.78 is 5.30. The summed E-state index contributed by atoms with van der Waals surface area (Å²) >= 11 is 0. The lowest BCUT2D eigenvalue weighted by Crippen LogP contribution is -2.44. The molecule has 1 atom stereocenters. The molecule has 2 aliphatic heterocycles. The predicted octanol–water partition coefficient (Wildman–Crippen LogP) is 3.61. The maximum Gasteiger partial charge on any atom is 0.229 e. The first-order chi connectivity index (χ1) is 12.7. The molecule has 1 N–H and O–H groups in total. The topological polar surface area (TPSA) is 41.6 Å². The average molecular weight is 387 g/mol. The molecule has 2 aliphatic rings. The van der Waals surface area contributed by atoms with E-state index in [2.05, 4.69) is 34.5 Å². The summed E-state index contributed by atoms with van der Waals surface area (Å²) in [7, 11) is 1.68. The van der Waals surface area contributed by atoms with E-state index < -0.39 is 0 Å². The number of benzene rings is 2. The third-order valence-corrected chi connectivity index (χ3v) is 6.01. The van der Waals surface area contributed by atoms with E-state index in [1.807, 2.05) is 30.3 Å². The lowest BCUT2D eigenvalue weighted by atomic mass is 9.68. The zero-order valence-electron chi connectivity index (χ0n) is 15.7. The van der Waals surface area contributed by atoms with E-state index in [9.17, 15) is 4.79 Å². The SMILES string of the molecule is COc1ccc(C2CN(Cc3ccccc3)C(=O)C23CCNCC3)cc1.Cl. The summed E-state index contributed by atoms with van der Waals surface area (Å²) in [6.07, 6.45) is 1.82. The van der Waals surface area contributed by atoms with Gasteiger partial charge in [-0.2, -0.15) is 0 Å². The third-order valence-electron chi connectivity index (χ3n) is 6.01. The zero-order chi connectivity index (χ0) is 18.0. The lowest BCUT2D eigenvalue weighted by Gasteiger charge is -2.36. The van der Waals surface area contributed by atoms with Gasteiger partial charge in [-0.15, -0.1) is 12.4 Å². The van der Waals surface area contributed by atoms with Crippen LogP contribution < -0.4 is 10.1 Å². The van der Waals surface area contributed by atoms with E-state index in [1.165, 1.54) is 11.1 Å². The summed E-state index contributed by atoms with van der Waals surface area (Å²) in [4.78, 5) is 15.5. The molecule has 2 heterocycles. The maximum absolute atomic E-state index is 13.5. The van der Waals surface area contributed by atoms with Crippen LogP contribution in [0.2, 0.25) is 0 Å². The number of nitrogens with one attached hydrogen (secondary N) is 1. The molecular weight excluding hydrogens is 360 g/mol. The standard InChI is InChI=1S/C22H26N2O2.ClH/c1-26-19-9-7-18(8-10-19)20-16-24(15-17-5-3-2-4-6-17)21(25)22(20)11-13-23-14-12-22;/h2-10,20,23H,11-16H2,1H3;1H. The highest BCUT2D eigenvalue weighted by molar-refractivity contribution is 5.87. The van der Waals surface area contributed by atoms with Crippen molar-refractivity contribution in [3.63, 3.8) is 0 Å². The fraction of sp³-hybridized carbons (Fsp3) is 0.409. The van der Waals surface area contributed by atoms with Crippen LogP contribution in [-0.4, -0.2) is 37.6 Å². The van der Waals surface area contributed by atoms with E-state index in [-0.39, 0.29) is 23.7 Å². The van der Waals surface area contributed by atoms with Crippen molar-refractivity contribution < 1.29 is 9.53 Å². The van der Waals surface area contributed by atoms with Crippen LogP contribution in [0.1, 0.15) is 29.9 Å². The molecule has 2 aromatic carbocycles. The number of hydrogen-bond donors (Lipinski definition) is 1. The quantitative estimate of drug-likeness (QED) is 0.872. The minimum atomic E-state index is -0.269. The molecule has 0 radical (unpaired) electrons. The number of methoxy groups -OCH3 is 1. The van der Waals surface area contributed by atoms with Gasteiger partial charge < -0.3 is 15.0 Å². The highest BCUT2D eigenvalue weighted by Gasteiger charge is 2.54. The summed E-state index contributed by atoms with van der Waals surface area (Å²) in [6, 6.07) is 18.6. The van der Waals surface area contributed by atoms with Crippen molar-refractivity contribution in [1.29, 1.82) is 0 Å². The number of likely N-dealkylation sites (tertiary alicyclic amines) is 1. The number of amides is 1. The molecular formula is C22H27ClN2O2. The first kappa shape index (κ1) is 19.7. The van der Waals surface area contributed by atoms with Crippen molar-refractivity contribution in [1.82, 2.24) is 10.2 Å². The summed E-state index contributed by atoms with van der Waals surface area (Å²) in [5.74, 6) is 1.42. The summed E-state index contributed by atoms with van der Waals surface area (Å²) in [6.45, 7) is 3.32. The Morgan fingerprint density at radius 2 is 1.74 bits per heavy atom. The predicted molar refractivity (Wildman–Crippen MR) is 109 cm³/mol. The molecule has 0 bridgehead atoms. The van der Waals surface area contributed by atoms with Gasteiger partial charge in [-0.1, -0.05) is 42.5 Å². The van der Waals surface area contributed by atoms with E-state index in [1.54, 1.807) is 7.11 Å². The number of carbonyl (C=O) groups is 1. The van der Waals surface area contributed by atoms with Gasteiger partial charge in [0.15, 0.2) is 0 Å². The average Bonchev–Trinajstić information content (AvgIpc) is 2.95.